The van der Waals surface area contributed by atoms with Crippen LogP contribution in [-0.2, 0) is 13.1 Å². The number of urea groups is 2. The number of hydrogen-bond donors (Lipinski definition) is 3. The average Bonchev–Trinajstić information content (AvgIpc) is 2.97. The van der Waals surface area contributed by atoms with Crippen LogP contribution in [0.1, 0.15) is 26.7 Å². The van der Waals surface area contributed by atoms with Gasteiger partial charge in [-0.05, 0) is 102 Å². The number of nitrogens with one attached hydrogen (secondary N) is 3. The minimum atomic E-state index is -2.44. The Balaban J connectivity index is 1.88. The van der Waals surface area contributed by atoms with Gasteiger partial charge in [0, 0.05) is 43.6 Å². The van der Waals surface area contributed by atoms with Gasteiger partial charge in [0.1, 0.15) is 0 Å². The highest BCUT2D eigenvalue weighted by Gasteiger charge is 2.39. The van der Waals surface area contributed by atoms with Crippen LogP contribution in [0.2, 0.25) is 51.4 Å². The zero-order chi connectivity index (χ0) is 34.1. The van der Waals surface area contributed by atoms with Crippen molar-refractivity contribution in [2.45, 2.75) is 78.1 Å². The molecule has 0 aliphatic heterocycles. The third-order valence-corrected chi connectivity index (χ3v) is 18.4. The second kappa shape index (κ2) is 19.6. The van der Waals surface area contributed by atoms with Crippen LogP contribution in [0.4, 0.5) is 21.0 Å². The van der Waals surface area contributed by atoms with Gasteiger partial charge in [-0.3, -0.25) is 4.90 Å². The minimum absolute atomic E-state index is 0.128. The summed E-state index contributed by atoms with van der Waals surface area (Å²) in [5, 5.41) is 5.92. The van der Waals surface area contributed by atoms with Crippen LogP contribution in [0.15, 0.2) is 60.7 Å². The zero-order valence-corrected chi connectivity index (χ0v) is 32.1. The van der Waals surface area contributed by atoms with E-state index < -0.39 is 25.2 Å². The van der Waals surface area contributed by atoms with Crippen molar-refractivity contribution < 1.29 is 22.7 Å². The fourth-order valence-electron chi connectivity index (χ4n) is 5.26. The highest BCUT2D eigenvalue weighted by atomic mass is 28.5. The van der Waals surface area contributed by atoms with Crippen molar-refractivity contribution in [3.05, 3.63) is 60.7 Å². The number of rotatable bonds is 19. The van der Waals surface area contributed by atoms with Gasteiger partial charge in [0.25, 0.3) is 0 Å². The van der Waals surface area contributed by atoms with Crippen LogP contribution in [0.5, 0.6) is 0 Å². The van der Waals surface area contributed by atoms with E-state index >= 15 is 0 Å². The Morgan fingerprint density at radius 1 is 0.739 bits per heavy atom. The molecule has 0 saturated carbocycles. The average molecular weight is 686 g/mol. The van der Waals surface area contributed by atoms with E-state index in [9.17, 15) is 9.59 Å². The molecule has 0 saturated heterocycles. The molecule has 2 aromatic rings. The van der Waals surface area contributed by atoms with Crippen molar-refractivity contribution in [2.75, 3.05) is 43.4 Å². The van der Waals surface area contributed by atoms with Crippen LogP contribution >= 0.6 is 0 Å². The number of para-hydroxylation sites is 2. The van der Waals surface area contributed by atoms with E-state index in [0.29, 0.717) is 32.8 Å². The first-order valence-electron chi connectivity index (χ1n) is 16.2. The molecule has 0 radical (unpaired) electrons. The third-order valence-electron chi connectivity index (χ3n) is 6.97. The number of carbonyl (C=O) groups is 2. The summed E-state index contributed by atoms with van der Waals surface area (Å²) in [6.07, 6.45) is 1.63. The molecule has 13 heteroatoms. The summed E-state index contributed by atoms with van der Waals surface area (Å²) in [4.78, 5) is 34.5. The molecule has 0 spiro atoms. The number of nitrogens with zero attached hydrogens (tertiary/aromatic N) is 2. The van der Waals surface area contributed by atoms with Crippen LogP contribution in [0.25, 0.3) is 0 Å². The molecular formula is C33H55N5O5Si3. The highest BCUT2D eigenvalue weighted by Crippen LogP contribution is 2.26. The first-order chi connectivity index (χ1) is 21.8. The molecular weight excluding hydrogens is 631 g/mol. The predicted octanol–water partition coefficient (Wildman–Crippen LogP) is 7.50. The molecule has 10 nitrogen and oxygen atoms in total. The summed E-state index contributed by atoms with van der Waals surface area (Å²) < 4.78 is 13.6. The second-order valence-corrected chi connectivity index (χ2v) is 25.2. The molecule has 0 aliphatic rings. The Morgan fingerprint density at radius 2 is 1.24 bits per heavy atom. The molecule has 0 aromatic heterocycles. The highest BCUT2D eigenvalue weighted by molar-refractivity contribution is 6.87. The number of hydrogen-bond acceptors (Lipinski definition) is 6. The topological polar surface area (TPSA) is 104 Å². The maximum Gasteiger partial charge on any atom is 0.333 e. The standard InChI is InChI=1S/C33H55N5O5Si3/c1-9-24-37(32(39)35-30-19-13-11-14-20-30)25-17-28-44(3,4)42-46(7,8)43-45(5,6)29-18-26-38(27-23-34-41-10-2)33(40)36-31-21-15-12-16-22-31/h11-16,19-22,34H,10,17-18,23,25-29H2,1-8H3,(H,35,39)(H,36,40). The number of carbonyl (C=O) groups excluding carboxylic acids is 2. The molecule has 0 heterocycles. The van der Waals surface area contributed by atoms with E-state index in [0.717, 1.165) is 36.3 Å². The van der Waals surface area contributed by atoms with E-state index in [1.807, 2.05) is 72.5 Å². The van der Waals surface area contributed by atoms with E-state index in [-0.39, 0.29) is 12.1 Å². The molecule has 2 aromatic carbocycles. The Kier molecular flexibility index (Phi) is 16.7. The molecule has 0 fully saturated rings. The van der Waals surface area contributed by atoms with E-state index in [2.05, 4.69) is 67.4 Å². The Hall–Kier alpha value is -2.97. The van der Waals surface area contributed by atoms with Crippen molar-refractivity contribution in [2.24, 2.45) is 0 Å². The summed E-state index contributed by atoms with van der Waals surface area (Å²) in [5.74, 6) is 2.85. The van der Waals surface area contributed by atoms with Crippen molar-refractivity contribution in [3.8, 4) is 12.0 Å². The molecule has 4 amide bonds. The third kappa shape index (κ3) is 16.0. The number of benzene rings is 2. The first kappa shape index (κ1) is 39.2. The number of anilines is 2. The summed E-state index contributed by atoms with van der Waals surface area (Å²) in [7, 11) is -6.61. The van der Waals surface area contributed by atoms with Crippen molar-refractivity contribution in [1.82, 2.24) is 15.3 Å². The molecule has 0 bridgehead atoms. The van der Waals surface area contributed by atoms with Gasteiger partial charge < -0.3 is 28.6 Å². The fraction of sp³-hybridized carbons (Fsp3) is 0.515. The van der Waals surface area contributed by atoms with Crippen LogP contribution in [0, 0.1) is 12.0 Å². The van der Waals surface area contributed by atoms with Crippen LogP contribution in [0.3, 0.4) is 0 Å². The van der Waals surface area contributed by atoms with Crippen molar-refractivity contribution >= 4 is 48.6 Å². The lowest BCUT2D eigenvalue weighted by atomic mass is 10.3. The van der Waals surface area contributed by atoms with Gasteiger partial charge >= 0.3 is 20.6 Å². The lowest BCUT2D eigenvalue weighted by Gasteiger charge is -2.39. The van der Waals surface area contributed by atoms with Crippen LogP contribution < -0.4 is 16.1 Å². The quantitative estimate of drug-likeness (QED) is 0.0465. The molecule has 3 N–H and O–H groups in total. The Morgan fingerprint density at radius 3 is 1.74 bits per heavy atom. The minimum Gasteiger partial charge on any atom is -0.437 e. The predicted molar refractivity (Wildman–Crippen MR) is 196 cm³/mol. The first-order valence-corrected chi connectivity index (χ1v) is 25.2. The van der Waals surface area contributed by atoms with Crippen molar-refractivity contribution in [1.29, 1.82) is 0 Å². The molecule has 2 rings (SSSR count). The molecule has 0 unspecified atom stereocenters. The number of amides is 4. The fourth-order valence-corrected chi connectivity index (χ4v) is 19.3. The number of hydroxylamine groups is 1. The van der Waals surface area contributed by atoms with Gasteiger partial charge in [0.2, 0.25) is 0 Å². The smallest absolute Gasteiger partial charge is 0.333 e. The molecule has 46 heavy (non-hydrogen) atoms. The molecule has 254 valence electrons. The SMILES string of the molecule is CC#CN(CCC[Si](C)(C)O[Si](C)(C)O[Si](C)(C)CCCN(CCNOCC)C(=O)Nc1ccccc1)C(=O)Nc1ccccc1. The molecule has 0 atom stereocenters. The second-order valence-electron chi connectivity index (χ2n) is 12.8. The molecule has 0 aliphatic carbocycles. The Bertz CT molecular complexity index is 1260. The van der Waals surface area contributed by atoms with Gasteiger partial charge in [-0.15, -0.1) is 0 Å². The van der Waals surface area contributed by atoms with Gasteiger partial charge in [-0.2, -0.15) is 0 Å². The Labute approximate surface area is 280 Å². The van der Waals surface area contributed by atoms with Gasteiger partial charge in [-0.25, -0.2) is 15.1 Å². The van der Waals surface area contributed by atoms with E-state index in [4.69, 9.17) is 13.1 Å². The largest absolute Gasteiger partial charge is 0.437 e. The summed E-state index contributed by atoms with van der Waals surface area (Å²) >= 11 is 0. The summed E-state index contributed by atoms with van der Waals surface area (Å²) in [6.45, 7) is 19.6. The lowest BCUT2D eigenvalue weighted by Crippen LogP contribution is -2.52. The zero-order valence-electron chi connectivity index (χ0n) is 29.1. The monoisotopic (exact) mass is 685 g/mol. The van der Waals surface area contributed by atoms with Gasteiger partial charge in [0.05, 0.1) is 6.61 Å². The van der Waals surface area contributed by atoms with E-state index in [1.165, 1.54) is 0 Å². The summed E-state index contributed by atoms with van der Waals surface area (Å²) in [6, 6.07) is 23.3. The lowest BCUT2D eigenvalue weighted by molar-refractivity contribution is 0.0472. The maximum absolute atomic E-state index is 13.1. The van der Waals surface area contributed by atoms with Crippen LogP contribution in [-0.4, -0.2) is 79.8 Å². The van der Waals surface area contributed by atoms with Gasteiger partial charge in [-0.1, -0.05) is 42.3 Å². The maximum atomic E-state index is 13.1. The van der Waals surface area contributed by atoms with Crippen molar-refractivity contribution in [3.63, 3.8) is 0 Å². The normalized spacial score (nSPS) is 11.7. The van der Waals surface area contributed by atoms with E-state index in [1.54, 1.807) is 11.8 Å². The summed E-state index contributed by atoms with van der Waals surface area (Å²) in [5.41, 5.74) is 4.42. The van der Waals surface area contributed by atoms with Gasteiger partial charge in [0.15, 0.2) is 16.6 Å².